The number of aromatic hydroxyl groups is 1. The lowest BCUT2D eigenvalue weighted by atomic mass is 10.1. The molecule has 1 aromatic carbocycles. The van der Waals surface area contributed by atoms with Gasteiger partial charge < -0.3 is 21.5 Å². The standard InChI is InChI=1S/C18H24N4O3S/c1-11-12(2)26-16(21-11)4-3-9-20-18(25)22-15(17(19)24)10-13-5-7-14(23)8-6-13/h5-8,15,23H,3-4,9-10H2,1-2H3,(H2,19,24)(H2,20,22,25)/t15-/m0/s1. The van der Waals surface area contributed by atoms with Crippen LogP contribution in [0.4, 0.5) is 4.79 Å². The van der Waals surface area contributed by atoms with E-state index in [0.717, 1.165) is 29.1 Å². The normalized spacial score (nSPS) is 11.8. The lowest BCUT2D eigenvalue weighted by molar-refractivity contribution is -0.119. The fourth-order valence-electron chi connectivity index (χ4n) is 2.39. The highest BCUT2D eigenvalue weighted by molar-refractivity contribution is 7.11. The Morgan fingerprint density at radius 1 is 1.27 bits per heavy atom. The molecule has 0 aliphatic carbocycles. The second-order valence-electron chi connectivity index (χ2n) is 6.08. The van der Waals surface area contributed by atoms with Crippen LogP contribution >= 0.6 is 11.3 Å². The van der Waals surface area contributed by atoms with Gasteiger partial charge in [0.05, 0.1) is 10.7 Å². The molecule has 0 aliphatic rings. The molecule has 1 atom stereocenters. The molecule has 0 bridgehead atoms. The average Bonchev–Trinajstić information content (AvgIpc) is 2.91. The van der Waals surface area contributed by atoms with Crippen LogP contribution in [-0.2, 0) is 17.6 Å². The van der Waals surface area contributed by atoms with Gasteiger partial charge in [-0.2, -0.15) is 0 Å². The summed E-state index contributed by atoms with van der Waals surface area (Å²) in [4.78, 5) is 29.2. The molecule has 1 aromatic heterocycles. The van der Waals surface area contributed by atoms with Crippen LogP contribution < -0.4 is 16.4 Å². The maximum atomic E-state index is 12.0. The first-order chi connectivity index (χ1) is 12.3. The summed E-state index contributed by atoms with van der Waals surface area (Å²) in [7, 11) is 0. The second kappa shape index (κ2) is 9.19. The number of aromatic nitrogens is 1. The summed E-state index contributed by atoms with van der Waals surface area (Å²) in [6.45, 7) is 4.51. The van der Waals surface area contributed by atoms with Crippen molar-refractivity contribution in [2.75, 3.05) is 6.54 Å². The van der Waals surface area contributed by atoms with Crippen molar-refractivity contribution in [3.8, 4) is 5.75 Å². The number of phenolic OH excluding ortho intramolecular Hbond substituents is 1. The third-order valence-electron chi connectivity index (χ3n) is 3.95. The molecule has 2 rings (SSSR count). The molecule has 26 heavy (non-hydrogen) atoms. The third kappa shape index (κ3) is 6.03. The van der Waals surface area contributed by atoms with Gasteiger partial charge in [-0.25, -0.2) is 9.78 Å². The maximum Gasteiger partial charge on any atom is 0.315 e. The van der Waals surface area contributed by atoms with E-state index in [1.165, 1.54) is 17.0 Å². The first kappa shape index (κ1) is 19.7. The van der Waals surface area contributed by atoms with Crippen LogP contribution in [0.5, 0.6) is 5.75 Å². The van der Waals surface area contributed by atoms with Gasteiger partial charge in [0, 0.05) is 24.3 Å². The van der Waals surface area contributed by atoms with E-state index < -0.39 is 18.0 Å². The first-order valence-electron chi connectivity index (χ1n) is 8.39. The highest BCUT2D eigenvalue weighted by atomic mass is 32.1. The molecule has 5 N–H and O–H groups in total. The Labute approximate surface area is 156 Å². The summed E-state index contributed by atoms with van der Waals surface area (Å²) in [6, 6.07) is 5.17. The number of benzene rings is 1. The van der Waals surface area contributed by atoms with Gasteiger partial charge >= 0.3 is 6.03 Å². The van der Waals surface area contributed by atoms with Crippen molar-refractivity contribution in [3.63, 3.8) is 0 Å². The van der Waals surface area contributed by atoms with E-state index in [9.17, 15) is 14.7 Å². The highest BCUT2D eigenvalue weighted by Crippen LogP contribution is 2.17. The molecule has 0 radical (unpaired) electrons. The molecule has 7 nitrogen and oxygen atoms in total. The van der Waals surface area contributed by atoms with E-state index in [1.54, 1.807) is 23.5 Å². The number of hydrogen-bond donors (Lipinski definition) is 4. The van der Waals surface area contributed by atoms with Crippen molar-refractivity contribution in [1.29, 1.82) is 0 Å². The van der Waals surface area contributed by atoms with Crippen LogP contribution in [0.15, 0.2) is 24.3 Å². The number of thiazole rings is 1. The Kier molecular flexibility index (Phi) is 6.97. The van der Waals surface area contributed by atoms with Crippen molar-refractivity contribution >= 4 is 23.3 Å². The molecular weight excluding hydrogens is 352 g/mol. The number of phenols is 1. The van der Waals surface area contributed by atoms with Gasteiger partial charge in [-0.15, -0.1) is 11.3 Å². The van der Waals surface area contributed by atoms with Crippen LogP contribution in [-0.4, -0.2) is 34.6 Å². The van der Waals surface area contributed by atoms with Gasteiger partial charge in [-0.3, -0.25) is 4.79 Å². The van der Waals surface area contributed by atoms with E-state index in [4.69, 9.17) is 5.73 Å². The number of hydrogen-bond acceptors (Lipinski definition) is 5. The number of urea groups is 1. The van der Waals surface area contributed by atoms with Crippen LogP contribution in [0, 0.1) is 13.8 Å². The van der Waals surface area contributed by atoms with Crippen LogP contribution in [0.25, 0.3) is 0 Å². The predicted molar refractivity (Wildman–Crippen MR) is 101 cm³/mol. The third-order valence-corrected chi connectivity index (χ3v) is 5.08. The average molecular weight is 376 g/mol. The summed E-state index contributed by atoms with van der Waals surface area (Å²) in [5, 5.41) is 15.7. The van der Waals surface area contributed by atoms with Gasteiger partial charge in [0.2, 0.25) is 5.91 Å². The van der Waals surface area contributed by atoms with Gasteiger partial charge in [-0.1, -0.05) is 12.1 Å². The van der Waals surface area contributed by atoms with Crippen molar-refractivity contribution < 1.29 is 14.7 Å². The number of carbonyl (C=O) groups excluding carboxylic acids is 2. The van der Waals surface area contributed by atoms with Gasteiger partial charge in [0.1, 0.15) is 11.8 Å². The number of carbonyl (C=O) groups is 2. The fraction of sp³-hybridized carbons (Fsp3) is 0.389. The second-order valence-corrected chi connectivity index (χ2v) is 7.37. The number of amides is 3. The SMILES string of the molecule is Cc1nc(CCCNC(=O)N[C@@H](Cc2ccc(O)cc2)C(N)=O)sc1C. The van der Waals surface area contributed by atoms with Gasteiger partial charge in [0.25, 0.3) is 0 Å². The van der Waals surface area contributed by atoms with Crippen LogP contribution in [0.1, 0.15) is 27.6 Å². The zero-order valence-electron chi connectivity index (χ0n) is 14.9. The first-order valence-corrected chi connectivity index (χ1v) is 9.21. The summed E-state index contributed by atoms with van der Waals surface area (Å²) in [5.74, 6) is -0.470. The minimum Gasteiger partial charge on any atom is -0.508 e. The zero-order valence-corrected chi connectivity index (χ0v) is 15.7. The van der Waals surface area contributed by atoms with Crippen molar-refractivity contribution in [2.45, 2.75) is 39.2 Å². The Morgan fingerprint density at radius 2 is 1.96 bits per heavy atom. The topological polar surface area (TPSA) is 117 Å². The van der Waals surface area contributed by atoms with Crippen molar-refractivity contribution in [2.24, 2.45) is 5.73 Å². The molecule has 0 fully saturated rings. The Balaban J connectivity index is 1.76. The number of primary amides is 1. The summed E-state index contributed by atoms with van der Waals surface area (Å²) < 4.78 is 0. The minimum atomic E-state index is -0.816. The monoisotopic (exact) mass is 376 g/mol. The molecule has 0 saturated carbocycles. The van der Waals surface area contributed by atoms with Crippen LogP contribution in [0.3, 0.4) is 0 Å². The van der Waals surface area contributed by atoms with Gasteiger partial charge in [0.15, 0.2) is 0 Å². The van der Waals surface area contributed by atoms with Gasteiger partial charge in [-0.05, 0) is 38.0 Å². The Hall–Kier alpha value is -2.61. The number of rotatable bonds is 8. The van der Waals surface area contributed by atoms with E-state index >= 15 is 0 Å². The number of nitrogens with two attached hydrogens (primary N) is 1. The molecule has 1 heterocycles. The van der Waals surface area contributed by atoms with E-state index in [1.807, 2.05) is 13.8 Å². The van der Waals surface area contributed by atoms with E-state index in [2.05, 4.69) is 15.6 Å². The van der Waals surface area contributed by atoms with Crippen LogP contribution in [0.2, 0.25) is 0 Å². The predicted octanol–water partition coefficient (Wildman–Crippen LogP) is 1.79. The van der Waals surface area contributed by atoms with E-state index in [-0.39, 0.29) is 12.2 Å². The highest BCUT2D eigenvalue weighted by Gasteiger charge is 2.18. The Morgan fingerprint density at radius 3 is 2.54 bits per heavy atom. The number of nitrogens with one attached hydrogen (secondary N) is 2. The summed E-state index contributed by atoms with van der Waals surface area (Å²) >= 11 is 1.67. The number of nitrogens with zero attached hydrogens (tertiary/aromatic N) is 1. The largest absolute Gasteiger partial charge is 0.508 e. The molecule has 0 unspecified atom stereocenters. The molecule has 3 amide bonds. The number of aryl methyl sites for hydroxylation is 3. The smallest absolute Gasteiger partial charge is 0.315 e. The maximum absolute atomic E-state index is 12.0. The molecule has 0 saturated heterocycles. The molecule has 140 valence electrons. The summed E-state index contributed by atoms with van der Waals surface area (Å²) in [6.07, 6.45) is 1.83. The van der Waals surface area contributed by atoms with Crippen molar-refractivity contribution in [1.82, 2.24) is 15.6 Å². The lowest BCUT2D eigenvalue weighted by Crippen LogP contribution is -2.49. The molecule has 2 aromatic rings. The van der Waals surface area contributed by atoms with E-state index in [0.29, 0.717) is 6.54 Å². The minimum absolute atomic E-state index is 0.140. The zero-order chi connectivity index (χ0) is 19.1. The summed E-state index contributed by atoms with van der Waals surface area (Å²) in [5.41, 5.74) is 7.22. The fourth-order valence-corrected chi connectivity index (χ4v) is 3.36. The quantitative estimate of drug-likeness (QED) is 0.525. The molecule has 0 aliphatic heterocycles. The Bertz CT molecular complexity index is 739. The molecular formula is C18H24N4O3S. The lowest BCUT2D eigenvalue weighted by Gasteiger charge is -2.16. The molecule has 0 spiro atoms. The molecule has 8 heteroatoms. The van der Waals surface area contributed by atoms with Crippen molar-refractivity contribution in [3.05, 3.63) is 45.4 Å².